The molecule has 6 heteroatoms. The molecule has 206 valence electrons. The number of aliphatic hydroxyl groups is 4. The predicted molar refractivity (Wildman–Crippen MR) is 137 cm³/mol. The molecule has 0 saturated heterocycles. The van der Waals surface area contributed by atoms with Crippen molar-refractivity contribution >= 4 is 5.97 Å². The lowest BCUT2D eigenvalue weighted by atomic mass is 9.29. The van der Waals surface area contributed by atoms with Crippen LogP contribution in [0.25, 0.3) is 0 Å². The average molecular weight is 507 g/mol. The second kappa shape index (κ2) is 7.70. The van der Waals surface area contributed by atoms with Gasteiger partial charge in [-0.25, -0.2) is 0 Å². The van der Waals surface area contributed by atoms with E-state index in [9.17, 15) is 30.3 Å². The highest BCUT2D eigenvalue weighted by Crippen LogP contribution is 2.78. The molecule has 0 bridgehead atoms. The zero-order valence-corrected chi connectivity index (χ0v) is 23.4. The summed E-state index contributed by atoms with van der Waals surface area (Å²) in [7, 11) is 0. The van der Waals surface area contributed by atoms with Gasteiger partial charge in [-0.1, -0.05) is 48.5 Å². The van der Waals surface area contributed by atoms with Crippen LogP contribution in [0.2, 0.25) is 0 Å². The first-order chi connectivity index (χ1) is 16.4. The van der Waals surface area contributed by atoms with Gasteiger partial charge in [0.15, 0.2) is 0 Å². The second-order valence-corrected chi connectivity index (χ2v) is 15.3. The van der Waals surface area contributed by atoms with Gasteiger partial charge >= 0.3 is 5.97 Å². The molecule has 6 nitrogen and oxygen atoms in total. The van der Waals surface area contributed by atoms with Gasteiger partial charge in [0.05, 0.1) is 23.7 Å². The van der Waals surface area contributed by atoms with Gasteiger partial charge in [0, 0.05) is 11.3 Å². The van der Waals surface area contributed by atoms with Gasteiger partial charge in [0.25, 0.3) is 0 Å². The van der Waals surface area contributed by atoms with Gasteiger partial charge in [-0.15, -0.1) is 0 Å². The fraction of sp³-hybridized carbons (Fsp3) is 0.967. The molecule has 0 radical (unpaired) electrons. The topological polar surface area (TPSA) is 118 Å². The van der Waals surface area contributed by atoms with Gasteiger partial charge < -0.3 is 25.5 Å². The van der Waals surface area contributed by atoms with E-state index in [1.807, 2.05) is 0 Å². The fourth-order valence-corrected chi connectivity index (χ4v) is 11.8. The van der Waals surface area contributed by atoms with Crippen LogP contribution in [0.15, 0.2) is 0 Å². The van der Waals surface area contributed by atoms with E-state index in [0.717, 1.165) is 19.3 Å². The first kappa shape index (κ1) is 26.9. The molecule has 0 heterocycles. The molecule has 0 aromatic heterocycles. The van der Waals surface area contributed by atoms with E-state index in [1.54, 1.807) is 0 Å². The van der Waals surface area contributed by atoms with Gasteiger partial charge in [-0.05, 0) is 91.3 Å². The number of carboxylic acids is 1. The summed E-state index contributed by atoms with van der Waals surface area (Å²) >= 11 is 0. The molecule has 13 atom stereocenters. The molecule has 0 aliphatic heterocycles. The first-order valence-electron chi connectivity index (χ1n) is 14.4. The highest BCUT2D eigenvalue weighted by Gasteiger charge is 2.79. The average Bonchev–Trinajstić information content (AvgIpc) is 2.78. The molecule has 0 aromatic carbocycles. The quantitative estimate of drug-likeness (QED) is 0.363. The highest BCUT2D eigenvalue weighted by atomic mass is 16.4. The maximum atomic E-state index is 12.9. The molecule has 36 heavy (non-hydrogen) atoms. The van der Waals surface area contributed by atoms with E-state index in [0.29, 0.717) is 32.1 Å². The number of aliphatic hydroxyl groups excluding tert-OH is 3. The molecular weight excluding hydrogens is 456 g/mol. The monoisotopic (exact) mass is 506 g/mol. The summed E-state index contributed by atoms with van der Waals surface area (Å²) in [5.74, 6) is -0.790. The van der Waals surface area contributed by atoms with E-state index >= 15 is 0 Å². The largest absolute Gasteiger partial charge is 0.481 e. The Morgan fingerprint density at radius 3 is 2.11 bits per heavy atom. The molecule has 5 rings (SSSR count). The molecule has 0 amide bonds. The number of carboxylic acid groups (broad SMARTS) is 1. The Morgan fingerprint density at radius 1 is 0.861 bits per heavy atom. The van der Waals surface area contributed by atoms with Crippen molar-refractivity contribution < 1.29 is 30.3 Å². The summed E-state index contributed by atoms with van der Waals surface area (Å²) in [6.45, 7) is 15.1. The highest BCUT2D eigenvalue weighted by molar-refractivity contribution is 5.76. The molecule has 5 saturated carbocycles. The third-order valence-electron chi connectivity index (χ3n) is 14.1. The number of carbonyl (C=O) groups is 1. The van der Waals surface area contributed by atoms with Gasteiger partial charge in [-0.3, -0.25) is 4.79 Å². The Morgan fingerprint density at radius 2 is 1.50 bits per heavy atom. The Hall–Kier alpha value is -0.690. The molecular formula is C30H50O6. The first-order valence-corrected chi connectivity index (χ1v) is 14.4. The fourth-order valence-electron chi connectivity index (χ4n) is 11.8. The maximum absolute atomic E-state index is 12.9. The van der Waals surface area contributed by atoms with Crippen LogP contribution in [0.5, 0.6) is 0 Å². The SMILES string of the molecule is C[C@H]1[C@H](C)CC[C@]2(C(=O)O)CC[C@]3(C)[C@@](O)([C@H]12)[C@@H](O)CC1[C@@]2(C)C[C@@H](O)[C@H](O)C(C)(C)C2CC[C@]13C. The number of hydrogen-bond donors (Lipinski definition) is 5. The lowest BCUT2D eigenvalue weighted by Gasteiger charge is -2.76. The molecule has 5 aliphatic carbocycles. The Balaban J connectivity index is 1.66. The van der Waals surface area contributed by atoms with Gasteiger partial charge in [-0.2, -0.15) is 0 Å². The van der Waals surface area contributed by atoms with Crippen LogP contribution >= 0.6 is 0 Å². The van der Waals surface area contributed by atoms with Crippen molar-refractivity contribution in [1.29, 1.82) is 0 Å². The Kier molecular flexibility index (Phi) is 5.75. The zero-order valence-electron chi connectivity index (χ0n) is 23.4. The van der Waals surface area contributed by atoms with Crippen LogP contribution in [-0.4, -0.2) is 55.4 Å². The minimum Gasteiger partial charge on any atom is -0.481 e. The van der Waals surface area contributed by atoms with Crippen molar-refractivity contribution in [1.82, 2.24) is 0 Å². The van der Waals surface area contributed by atoms with Crippen LogP contribution in [-0.2, 0) is 4.79 Å². The van der Waals surface area contributed by atoms with E-state index in [-0.39, 0.29) is 34.5 Å². The number of fused-ring (bicyclic) bond motifs is 7. The summed E-state index contributed by atoms with van der Waals surface area (Å²) < 4.78 is 0. The smallest absolute Gasteiger partial charge is 0.310 e. The predicted octanol–water partition coefficient (Wildman–Crippen LogP) is 4.23. The van der Waals surface area contributed by atoms with E-state index < -0.39 is 52.0 Å². The third kappa shape index (κ3) is 2.81. The van der Waals surface area contributed by atoms with Gasteiger partial charge in [0.1, 0.15) is 5.60 Å². The molecule has 0 spiro atoms. The van der Waals surface area contributed by atoms with Crippen molar-refractivity contribution in [3.8, 4) is 0 Å². The molecule has 5 N–H and O–H groups in total. The summed E-state index contributed by atoms with van der Waals surface area (Å²) in [6, 6.07) is 0. The molecule has 0 aromatic rings. The number of aliphatic carboxylic acids is 1. The van der Waals surface area contributed by atoms with E-state index in [2.05, 4.69) is 48.5 Å². The molecule has 2 unspecified atom stereocenters. The number of hydrogen-bond acceptors (Lipinski definition) is 5. The van der Waals surface area contributed by atoms with Crippen LogP contribution in [0.3, 0.4) is 0 Å². The lowest BCUT2D eigenvalue weighted by molar-refractivity contribution is -0.350. The maximum Gasteiger partial charge on any atom is 0.310 e. The van der Waals surface area contributed by atoms with E-state index in [4.69, 9.17) is 0 Å². The Labute approximate surface area is 216 Å². The second-order valence-electron chi connectivity index (χ2n) is 15.3. The summed E-state index contributed by atoms with van der Waals surface area (Å²) in [4.78, 5) is 12.9. The normalized spacial score (nSPS) is 60.2. The molecule has 5 aliphatic rings. The van der Waals surface area contributed by atoms with Crippen molar-refractivity contribution in [2.24, 2.45) is 56.7 Å². The lowest BCUT2D eigenvalue weighted by Crippen LogP contribution is -2.79. The zero-order chi connectivity index (χ0) is 26.9. The summed E-state index contributed by atoms with van der Waals surface area (Å²) in [5, 5.41) is 57.4. The van der Waals surface area contributed by atoms with E-state index in [1.165, 1.54) is 0 Å². The van der Waals surface area contributed by atoms with Crippen LogP contribution in [0.4, 0.5) is 0 Å². The standard InChI is InChI=1S/C30H50O6/c1-16-8-11-29(24(34)35)13-12-28(7)27(6)10-9-19-25(3,4)23(33)18(31)15-26(19,5)20(27)14-21(32)30(28,36)22(29)17(16)2/h16-23,31-33,36H,8-15H2,1-7H3,(H,34,35)/t16-,17+,18-,19?,20?,21+,22-,23+,26+,27-,28+,29+,30+/m1/s1. The van der Waals surface area contributed by atoms with Crippen molar-refractivity contribution in [3.63, 3.8) is 0 Å². The van der Waals surface area contributed by atoms with Crippen molar-refractivity contribution in [3.05, 3.63) is 0 Å². The van der Waals surface area contributed by atoms with Crippen molar-refractivity contribution in [2.45, 2.75) is 124 Å². The van der Waals surface area contributed by atoms with Crippen LogP contribution < -0.4 is 0 Å². The van der Waals surface area contributed by atoms with Crippen LogP contribution in [0.1, 0.15) is 99.8 Å². The number of rotatable bonds is 1. The minimum atomic E-state index is -1.49. The van der Waals surface area contributed by atoms with Gasteiger partial charge in [0.2, 0.25) is 0 Å². The molecule has 5 fully saturated rings. The minimum absolute atomic E-state index is 0.00761. The summed E-state index contributed by atoms with van der Waals surface area (Å²) in [5.41, 5.74) is -4.22. The third-order valence-corrected chi connectivity index (χ3v) is 14.1. The Bertz CT molecular complexity index is 934. The van der Waals surface area contributed by atoms with Crippen LogP contribution in [0, 0.1) is 56.7 Å². The summed E-state index contributed by atoms with van der Waals surface area (Å²) in [6.07, 6.45) is 2.52. The van der Waals surface area contributed by atoms with Crippen molar-refractivity contribution in [2.75, 3.05) is 0 Å².